The molecule has 16 heavy (non-hydrogen) atoms. The molecular weight excluding hydrogens is 254 g/mol. The van der Waals surface area contributed by atoms with E-state index in [1.54, 1.807) is 6.92 Å². The second-order valence-corrected chi connectivity index (χ2v) is 6.36. The molecule has 90 valence electrons. The molecule has 9 heteroatoms. The zero-order valence-electron chi connectivity index (χ0n) is 8.50. The number of rotatable bonds is 5. The van der Waals surface area contributed by atoms with Gasteiger partial charge in [-0.1, -0.05) is 11.3 Å². The second-order valence-electron chi connectivity index (χ2n) is 2.99. The van der Waals surface area contributed by atoms with E-state index in [4.69, 9.17) is 5.11 Å². The van der Waals surface area contributed by atoms with Crippen LogP contribution in [0, 0.1) is 6.92 Å². The average molecular weight is 265 g/mol. The zero-order chi connectivity index (χ0) is 12.2. The highest BCUT2D eigenvalue weighted by molar-refractivity contribution is 7.92. The number of aryl methyl sites for hydroxylation is 1. The Kier molecular flexibility index (Phi) is 4.33. The Morgan fingerprint density at radius 1 is 1.50 bits per heavy atom. The summed E-state index contributed by atoms with van der Waals surface area (Å²) in [6, 6.07) is 0. The van der Waals surface area contributed by atoms with Gasteiger partial charge in [0.25, 0.3) is 0 Å². The lowest BCUT2D eigenvalue weighted by atomic mass is 10.7. The fraction of sp³-hybridized carbons (Fsp3) is 0.571. The molecule has 0 bridgehead atoms. The van der Waals surface area contributed by atoms with Crippen LogP contribution < -0.4 is 5.32 Å². The molecule has 2 N–H and O–H groups in total. The number of aromatic nitrogens is 2. The van der Waals surface area contributed by atoms with E-state index in [9.17, 15) is 13.2 Å². The summed E-state index contributed by atoms with van der Waals surface area (Å²) >= 11 is 1.16. The summed E-state index contributed by atoms with van der Waals surface area (Å²) in [5.74, 6) is -1.76. The van der Waals surface area contributed by atoms with Crippen molar-refractivity contribution in [1.29, 1.82) is 0 Å². The van der Waals surface area contributed by atoms with Crippen molar-refractivity contribution in [3.05, 3.63) is 5.01 Å². The van der Waals surface area contributed by atoms with Crippen LogP contribution in [0.1, 0.15) is 5.01 Å². The van der Waals surface area contributed by atoms with Crippen LogP contribution in [0.3, 0.4) is 0 Å². The predicted octanol–water partition coefficient (Wildman–Crippen LogP) is -0.808. The molecule has 0 saturated carbocycles. The monoisotopic (exact) mass is 265 g/mol. The second kappa shape index (κ2) is 5.32. The number of aliphatic hydroxyl groups is 1. The molecule has 0 unspecified atom stereocenters. The van der Waals surface area contributed by atoms with Crippen LogP contribution in [-0.4, -0.2) is 47.7 Å². The highest BCUT2D eigenvalue weighted by Gasteiger charge is 2.17. The molecule has 0 atom stereocenters. The summed E-state index contributed by atoms with van der Waals surface area (Å²) < 4.78 is 22.4. The molecule has 0 aromatic carbocycles. The molecule has 0 aliphatic heterocycles. The molecule has 0 fully saturated rings. The van der Waals surface area contributed by atoms with Crippen LogP contribution >= 0.6 is 11.3 Å². The number of hydrogen-bond acceptors (Lipinski definition) is 7. The Morgan fingerprint density at radius 2 is 2.19 bits per heavy atom. The molecule has 0 aliphatic rings. The van der Waals surface area contributed by atoms with E-state index in [1.807, 2.05) is 0 Å². The van der Waals surface area contributed by atoms with Gasteiger partial charge < -0.3 is 5.11 Å². The van der Waals surface area contributed by atoms with Crippen molar-refractivity contribution in [2.45, 2.75) is 6.92 Å². The van der Waals surface area contributed by atoms with Crippen LogP contribution in [0.5, 0.6) is 0 Å². The lowest BCUT2D eigenvalue weighted by Gasteiger charge is -2.01. The summed E-state index contributed by atoms with van der Waals surface area (Å²) in [4.78, 5) is 11.3. The molecule has 1 rings (SSSR count). The maximum atomic E-state index is 11.3. The molecule has 0 spiro atoms. The smallest absolute Gasteiger partial charge is 0.241 e. The molecule has 1 aromatic rings. The third kappa shape index (κ3) is 4.21. The number of sulfone groups is 1. The van der Waals surface area contributed by atoms with Crippen LogP contribution in [0.2, 0.25) is 0 Å². The molecule has 0 saturated heterocycles. The number of carbonyl (C=O) groups is 1. The Balaban J connectivity index is 2.54. The van der Waals surface area contributed by atoms with E-state index in [1.165, 1.54) is 0 Å². The van der Waals surface area contributed by atoms with Gasteiger partial charge in [0.15, 0.2) is 9.84 Å². The van der Waals surface area contributed by atoms with Gasteiger partial charge >= 0.3 is 0 Å². The minimum Gasteiger partial charge on any atom is -0.395 e. The van der Waals surface area contributed by atoms with E-state index in [0.717, 1.165) is 11.3 Å². The molecule has 0 aliphatic carbocycles. The molecule has 7 nitrogen and oxygen atoms in total. The van der Waals surface area contributed by atoms with Crippen LogP contribution in [0.25, 0.3) is 0 Å². The summed E-state index contributed by atoms with van der Waals surface area (Å²) in [5, 5.41) is 19.0. The Bertz CT molecular complexity index is 468. The number of hydrogen-bond donors (Lipinski definition) is 2. The first kappa shape index (κ1) is 13.0. The van der Waals surface area contributed by atoms with Crippen LogP contribution in [0.15, 0.2) is 0 Å². The molecule has 0 radical (unpaired) electrons. The predicted molar refractivity (Wildman–Crippen MR) is 59.0 cm³/mol. The maximum absolute atomic E-state index is 11.3. The summed E-state index contributed by atoms with van der Waals surface area (Å²) in [5.41, 5.74) is 0. The third-order valence-corrected chi connectivity index (χ3v) is 3.79. The van der Waals surface area contributed by atoms with Crippen molar-refractivity contribution in [3.63, 3.8) is 0 Å². The first-order valence-corrected chi connectivity index (χ1v) is 6.98. The van der Waals surface area contributed by atoms with E-state index < -0.39 is 33.9 Å². The van der Waals surface area contributed by atoms with Gasteiger partial charge in [-0.2, -0.15) is 0 Å². The highest BCUT2D eigenvalue weighted by atomic mass is 32.2. The van der Waals surface area contributed by atoms with Gasteiger partial charge in [0.2, 0.25) is 11.0 Å². The van der Waals surface area contributed by atoms with Gasteiger partial charge in [0, 0.05) is 0 Å². The number of anilines is 1. The molecular formula is C7H11N3O4S2. The van der Waals surface area contributed by atoms with E-state index in [-0.39, 0.29) is 5.13 Å². The van der Waals surface area contributed by atoms with Crippen molar-refractivity contribution in [1.82, 2.24) is 10.2 Å². The SMILES string of the molecule is Cc1nnc(NC(=O)CS(=O)(=O)CCO)s1. The lowest BCUT2D eigenvalue weighted by Crippen LogP contribution is -2.25. The largest absolute Gasteiger partial charge is 0.395 e. The fourth-order valence-corrected chi connectivity index (χ4v) is 2.42. The summed E-state index contributed by atoms with van der Waals surface area (Å²) in [6.07, 6.45) is 0. The van der Waals surface area contributed by atoms with Gasteiger partial charge in [-0.15, -0.1) is 10.2 Å². The Hall–Kier alpha value is -1.06. The Morgan fingerprint density at radius 3 is 2.69 bits per heavy atom. The van der Waals surface area contributed by atoms with Crippen molar-refractivity contribution in [2.75, 3.05) is 23.4 Å². The van der Waals surface area contributed by atoms with E-state index in [0.29, 0.717) is 5.01 Å². The van der Waals surface area contributed by atoms with Crippen LogP contribution in [0.4, 0.5) is 5.13 Å². The van der Waals surface area contributed by atoms with E-state index >= 15 is 0 Å². The number of carbonyl (C=O) groups excluding carboxylic acids is 1. The summed E-state index contributed by atoms with van der Waals surface area (Å²) in [7, 11) is -3.55. The summed E-state index contributed by atoms with van der Waals surface area (Å²) in [6.45, 7) is 1.23. The zero-order valence-corrected chi connectivity index (χ0v) is 10.1. The first-order valence-electron chi connectivity index (χ1n) is 4.34. The number of nitrogens with one attached hydrogen (secondary N) is 1. The standard InChI is InChI=1S/C7H11N3O4S2/c1-5-9-10-7(15-5)8-6(12)4-16(13,14)3-2-11/h11H,2-4H2,1H3,(H,8,10,12). The molecule has 1 amide bonds. The quantitative estimate of drug-likeness (QED) is 0.720. The maximum Gasteiger partial charge on any atom is 0.241 e. The average Bonchev–Trinajstić information content (AvgIpc) is 2.49. The van der Waals surface area contributed by atoms with Crippen molar-refractivity contribution >= 4 is 32.2 Å². The van der Waals surface area contributed by atoms with Gasteiger partial charge in [-0.25, -0.2) is 8.42 Å². The van der Waals surface area contributed by atoms with Crippen molar-refractivity contribution < 1.29 is 18.3 Å². The number of nitrogens with zero attached hydrogens (tertiary/aromatic N) is 2. The van der Waals surface area contributed by atoms with Crippen LogP contribution in [-0.2, 0) is 14.6 Å². The normalized spacial score (nSPS) is 11.4. The topological polar surface area (TPSA) is 109 Å². The molecule has 1 heterocycles. The van der Waals surface area contributed by atoms with Crippen molar-refractivity contribution in [2.24, 2.45) is 0 Å². The van der Waals surface area contributed by atoms with Gasteiger partial charge in [0.05, 0.1) is 12.4 Å². The minimum atomic E-state index is -3.55. The highest BCUT2D eigenvalue weighted by Crippen LogP contribution is 2.13. The lowest BCUT2D eigenvalue weighted by molar-refractivity contribution is -0.113. The fourth-order valence-electron chi connectivity index (χ4n) is 0.913. The molecule has 1 aromatic heterocycles. The van der Waals surface area contributed by atoms with E-state index in [2.05, 4.69) is 15.5 Å². The van der Waals surface area contributed by atoms with Crippen molar-refractivity contribution in [3.8, 4) is 0 Å². The third-order valence-electron chi connectivity index (χ3n) is 1.53. The number of aliphatic hydroxyl groups excluding tert-OH is 1. The van der Waals surface area contributed by atoms with Gasteiger partial charge in [0.1, 0.15) is 10.8 Å². The Labute approximate surface area is 96.4 Å². The first-order chi connectivity index (χ1) is 7.43. The van der Waals surface area contributed by atoms with Gasteiger partial charge in [-0.05, 0) is 6.92 Å². The van der Waals surface area contributed by atoms with Gasteiger partial charge in [-0.3, -0.25) is 10.1 Å². The number of amides is 1. The minimum absolute atomic E-state index is 0.265.